The SMILES string of the molecule is Cc1cc(C(=O)N2CCCN2C(=O)c2ccc3n[nH]nc3c2)no1. The fraction of sp³-hybridized carbons (Fsp3) is 0.267. The first-order valence-corrected chi connectivity index (χ1v) is 7.51. The quantitative estimate of drug-likeness (QED) is 0.757. The van der Waals surface area contributed by atoms with Crippen molar-refractivity contribution in [2.24, 2.45) is 0 Å². The van der Waals surface area contributed by atoms with Crippen LogP contribution in [0.3, 0.4) is 0 Å². The second kappa shape index (κ2) is 5.44. The fourth-order valence-corrected chi connectivity index (χ4v) is 2.76. The third-order valence-corrected chi connectivity index (χ3v) is 3.91. The van der Waals surface area contributed by atoms with Crippen molar-refractivity contribution in [3.05, 3.63) is 41.3 Å². The number of nitrogens with one attached hydrogen (secondary N) is 1. The highest BCUT2D eigenvalue weighted by molar-refractivity contribution is 6.00. The first-order valence-electron chi connectivity index (χ1n) is 7.51. The molecule has 1 aromatic carbocycles. The molecule has 122 valence electrons. The van der Waals surface area contributed by atoms with Gasteiger partial charge in [0.1, 0.15) is 16.8 Å². The number of carbonyl (C=O) groups is 2. The lowest BCUT2D eigenvalue weighted by Crippen LogP contribution is -2.45. The molecule has 0 saturated carbocycles. The van der Waals surface area contributed by atoms with Crippen molar-refractivity contribution >= 4 is 22.8 Å². The lowest BCUT2D eigenvalue weighted by atomic mass is 10.2. The van der Waals surface area contributed by atoms with Crippen LogP contribution < -0.4 is 0 Å². The monoisotopic (exact) mass is 326 g/mol. The Labute approximate surface area is 136 Å². The van der Waals surface area contributed by atoms with Gasteiger partial charge in [-0.3, -0.25) is 9.59 Å². The van der Waals surface area contributed by atoms with Crippen molar-refractivity contribution in [1.29, 1.82) is 0 Å². The van der Waals surface area contributed by atoms with Crippen LogP contribution in [0.15, 0.2) is 28.8 Å². The van der Waals surface area contributed by atoms with Crippen LogP contribution in [0.1, 0.15) is 33.0 Å². The number of aryl methyl sites for hydroxylation is 1. The van der Waals surface area contributed by atoms with Gasteiger partial charge in [-0.25, -0.2) is 10.0 Å². The van der Waals surface area contributed by atoms with E-state index in [-0.39, 0.29) is 17.5 Å². The molecule has 1 saturated heterocycles. The highest BCUT2D eigenvalue weighted by Gasteiger charge is 2.33. The standard InChI is InChI=1S/C15H14N6O3/c1-9-7-13(18-24-9)15(23)21-6-2-5-20(21)14(22)10-3-4-11-12(8-10)17-19-16-11/h3-4,7-8H,2,5-6H2,1H3,(H,16,17,19). The number of hydrogen-bond donors (Lipinski definition) is 1. The molecule has 9 heteroatoms. The number of benzene rings is 1. The molecule has 24 heavy (non-hydrogen) atoms. The Hall–Kier alpha value is -3.23. The highest BCUT2D eigenvalue weighted by atomic mass is 16.5. The highest BCUT2D eigenvalue weighted by Crippen LogP contribution is 2.20. The van der Waals surface area contributed by atoms with E-state index >= 15 is 0 Å². The van der Waals surface area contributed by atoms with E-state index in [1.165, 1.54) is 10.0 Å². The second-order valence-corrected chi connectivity index (χ2v) is 5.56. The van der Waals surface area contributed by atoms with Crippen LogP contribution in [0.2, 0.25) is 0 Å². The molecule has 0 atom stereocenters. The molecule has 3 aromatic rings. The summed E-state index contributed by atoms with van der Waals surface area (Å²) in [5.41, 5.74) is 1.93. The minimum Gasteiger partial charge on any atom is -0.361 e. The Bertz CT molecular complexity index is 930. The third kappa shape index (κ3) is 2.30. The van der Waals surface area contributed by atoms with E-state index in [1.807, 2.05) is 0 Å². The molecule has 2 aromatic heterocycles. The van der Waals surface area contributed by atoms with Gasteiger partial charge in [0, 0.05) is 24.7 Å². The number of hydrogen-bond acceptors (Lipinski definition) is 6. The number of H-pyrrole nitrogens is 1. The normalized spacial score (nSPS) is 14.5. The Balaban J connectivity index is 1.61. The number of amides is 2. The minimum atomic E-state index is -0.347. The number of fused-ring (bicyclic) bond motifs is 1. The van der Waals surface area contributed by atoms with Crippen molar-refractivity contribution in [1.82, 2.24) is 30.6 Å². The van der Waals surface area contributed by atoms with E-state index in [1.54, 1.807) is 31.2 Å². The zero-order valence-electron chi connectivity index (χ0n) is 12.9. The topological polar surface area (TPSA) is 108 Å². The van der Waals surface area contributed by atoms with Crippen LogP contribution in [0.5, 0.6) is 0 Å². The van der Waals surface area contributed by atoms with Gasteiger partial charge in [0.25, 0.3) is 11.8 Å². The van der Waals surface area contributed by atoms with E-state index in [0.29, 0.717) is 41.9 Å². The second-order valence-electron chi connectivity index (χ2n) is 5.56. The summed E-state index contributed by atoms with van der Waals surface area (Å²) in [6.07, 6.45) is 0.709. The Kier molecular flexibility index (Phi) is 3.26. The van der Waals surface area contributed by atoms with Crippen LogP contribution in [0, 0.1) is 6.92 Å². The molecule has 1 aliphatic rings. The maximum Gasteiger partial charge on any atom is 0.294 e. The number of aromatic nitrogens is 4. The molecule has 1 N–H and O–H groups in total. The summed E-state index contributed by atoms with van der Waals surface area (Å²) in [5, 5.41) is 17.0. The molecule has 0 spiro atoms. The van der Waals surface area contributed by atoms with Crippen LogP contribution in [-0.2, 0) is 0 Å². The lowest BCUT2D eigenvalue weighted by molar-refractivity contribution is 0.0180. The molecule has 0 aliphatic carbocycles. The summed E-state index contributed by atoms with van der Waals surface area (Å²) in [4.78, 5) is 25.4. The molecular weight excluding hydrogens is 312 g/mol. The van der Waals surface area contributed by atoms with Crippen molar-refractivity contribution in [3.63, 3.8) is 0 Å². The first-order chi connectivity index (χ1) is 11.6. The molecule has 1 aliphatic heterocycles. The molecule has 3 heterocycles. The van der Waals surface area contributed by atoms with Crippen molar-refractivity contribution in [2.75, 3.05) is 13.1 Å². The van der Waals surface area contributed by atoms with E-state index < -0.39 is 0 Å². The summed E-state index contributed by atoms with van der Waals surface area (Å²) < 4.78 is 4.95. The van der Waals surface area contributed by atoms with E-state index in [0.717, 1.165) is 0 Å². The Morgan fingerprint density at radius 2 is 1.83 bits per heavy atom. The van der Waals surface area contributed by atoms with E-state index in [9.17, 15) is 9.59 Å². The number of carbonyl (C=O) groups excluding carboxylic acids is 2. The maximum absolute atomic E-state index is 12.8. The average Bonchev–Trinajstić information content (AvgIpc) is 3.32. The summed E-state index contributed by atoms with van der Waals surface area (Å²) >= 11 is 0. The van der Waals surface area contributed by atoms with Crippen molar-refractivity contribution in [3.8, 4) is 0 Å². The van der Waals surface area contributed by atoms with Gasteiger partial charge in [-0.2, -0.15) is 15.4 Å². The third-order valence-electron chi connectivity index (χ3n) is 3.91. The van der Waals surface area contributed by atoms with Gasteiger partial charge in [-0.1, -0.05) is 5.16 Å². The predicted octanol–water partition coefficient (Wildman–Crippen LogP) is 1.16. The number of rotatable bonds is 2. The van der Waals surface area contributed by atoms with Crippen molar-refractivity contribution in [2.45, 2.75) is 13.3 Å². The molecule has 2 amide bonds. The van der Waals surface area contributed by atoms with Gasteiger partial charge < -0.3 is 4.52 Å². The van der Waals surface area contributed by atoms with Gasteiger partial charge in [-0.05, 0) is 31.5 Å². The van der Waals surface area contributed by atoms with Crippen LogP contribution in [0.4, 0.5) is 0 Å². The lowest BCUT2D eigenvalue weighted by Gasteiger charge is -2.27. The average molecular weight is 326 g/mol. The van der Waals surface area contributed by atoms with E-state index in [4.69, 9.17) is 4.52 Å². The summed E-state index contributed by atoms with van der Waals surface area (Å²) in [7, 11) is 0. The maximum atomic E-state index is 12.8. The Morgan fingerprint density at radius 1 is 1.08 bits per heavy atom. The number of hydrazine groups is 1. The number of nitrogens with zero attached hydrogens (tertiary/aromatic N) is 5. The predicted molar refractivity (Wildman–Crippen MR) is 81.8 cm³/mol. The van der Waals surface area contributed by atoms with Gasteiger partial charge >= 0.3 is 0 Å². The van der Waals surface area contributed by atoms with Gasteiger partial charge in [0.2, 0.25) is 0 Å². The van der Waals surface area contributed by atoms with Crippen LogP contribution in [-0.4, -0.2) is 55.5 Å². The zero-order valence-corrected chi connectivity index (χ0v) is 12.9. The molecular formula is C15H14N6O3. The Morgan fingerprint density at radius 3 is 2.58 bits per heavy atom. The molecule has 0 bridgehead atoms. The molecule has 4 rings (SSSR count). The fourth-order valence-electron chi connectivity index (χ4n) is 2.76. The minimum absolute atomic E-state index is 0.194. The smallest absolute Gasteiger partial charge is 0.294 e. The summed E-state index contributed by atoms with van der Waals surface area (Å²) in [6.45, 7) is 2.64. The van der Waals surface area contributed by atoms with Crippen LogP contribution in [0.25, 0.3) is 11.0 Å². The molecule has 0 unspecified atom stereocenters. The zero-order chi connectivity index (χ0) is 16.7. The van der Waals surface area contributed by atoms with Gasteiger partial charge in [-0.15, -0.1) is 0 Å². The molecule has 9 nitrogen and oxygen atoms in total. The summed E-state index contributed by atoms with van der Waals surface area (Å²) in [5.74, 6) is -0.0573. The van der Waals surface area contributed by atoms with Crippen molar-refractivity contribution < 1.29 is 14.1 Å². The van der Waals surface area contributed by atoms with E-state index in [2.05, 4.69) is 20.6 Å². The van der Waals surface area contributed by atoms with Crippen LogP contribution >= 0.6 is 0 Å². The summed E-state index contributed by atoms with van der Waals surface area (Å²) in [6, 6.07) is 6.61. The largest absolute Gasteiger partial charge is 0.361 e. The number of aromatic amines is 1. The van der Waals surface area contributed by atoms with Gasteiger partial charge in [0.05, 0.1) is 0 Å². The molecule has 1 fully saturated rings. The van der Waals surface area contributed by atoms with Gasteiger partial charge in [0.15, 0.2) is 5.69 Å². The molecule has 0 radical (unpaired) electrons. The first kappa shape index (κ1) is 14.4.